The Morgan fingerprint density at radius 3 is 2.17 bits per heavy atom. The highest BCUT2D eigenvalue weighted by atomic mass is 35.5. The number of hydrogen-bond acceptors (Lipinski definition) is 1. The molecule has 0 saturated carbocycles. The molecule has 0 saturated heterocycles. The van der Waals surface area contributed by atoms with Crippen LogP contribution in [0.2, 0.25) is 0 Å². The molecule has 12 heavy (non-hydrogen) atoms. The molecule has 0 spiro atoms. The Kier molecular flexibility index (Phi) is 5.31. The van der Waals surface area contributed by atoms with E-state index in [9.17, 15) is 4.79 Å². The lowest BCUT2D eigenvalue weighted by Crippen LogP contribution is -2.43. The first-order valence-corrected chi connectivity index (χ1v) is 4.95. The van der Waals surface area contributed by atoms with Gasteiger partial charge in [0, 0.05) is 12.1 Å². The van der Waals surface area contributed by atoms with Crippen LogP contribution in [0, 0.1) is 0 Å². The van der Waals surface area contributed by atoms with Gasteiger partial charge >= 0.3 is 0 Å². The fourth-order valence-corrected chi connectivity index (χ4v) is 1.45. The molecule has 0 rings (SSSR count). The van der Waals surface area contributed by atoms with E-state index in [2.05, 4.69) is 6.92 Å². The zero-order valence-electron chi connectivity index (χ0n) is 8.30. The highest BCUT2D eigenvalue weighted by Crippen LogP contribution is 2.09. The topological polar surface area (TPSA) is 20.3 Å². The molecule has 0 aromatic heterocycles. The van der Waals surface area contributed by atoms with Crippen molar-refractivity contribution >= 4 is 17.5 Å². The van der Waals surface area contributed by atoms with E-state index < -0.39 is 0 Å². The number of carbonyl (C=O) groups excluding carboxylic acids is 1. The fourth-order valence-electron chi connectivity index (χ4n) is 1.31. The molecular formula is C9H18ClNO. The van der Waals surface area contributed by atoms with E-state index in [4.69, 9.17) is 11.6 Å². The van der Waals surface area contributed by atoms with Crippen molar-refractivity contribution in [1.82, 2.24) is 4.90 Å². The Morgan fingerprint density at radius 1 is 1.42 bits per heavy atom. The standard InChI is InChI=1S/C9H18ClNO/c1-5-8(4)11(7(2)3)9(12)6-10/h7-8H,5-6H2,1-4H3. The van der Waals surface area contributed by atoms with Crippen LogP contribution in [-0.2, 0) is 4.79 Å². The normalized spacial score (nSPS) is 13.2. The van der Waals surface area contributed by atoms with Gasteiger partial charge in [-0.25, -0.2) is 0 Å². The largest absolute Gasteiger partial charge is 0.337 e. The van der Waals surface area contributed by atoms with Crippen molar-refractivity contribution in [1.29, 1.82) is 0 Å². The first-order valence-electron chi connectivity index (χ1n) is 4.41. The number of carbonyl (C=O) groups is 1. The number of amides is 1. The molecule has 1 amide bonds. The lowest BCUT2D eigenvalue weighted by molar-refractivity contribution is -0.132. The summed E-state index contributed by atoms with van der Waals surface area (Å²) in [5.74, 6) is 0.115. The van der Waals surface area contributed by atoms with Gasteiger partial charge in [-0.2, -0.15) is 0 Å². The summed E-state index contributed by atoms with van der Waals surface area (Å²) in [4.78, 5) is 13.2. The Balaban J connectivity index is 4.32. The van der Waals surface area contributed by atoms with E-state index in [-0.39, 0.29) is 23.9 Å². The molecule has 0 fully saturated rings. The summed E-state index contributed by atoms with van der Waals surface area (Å²) in [6.07, 6.45) is 0.973. The second kappa shape index (κ2) is 5.41. The van der Waals surface area contributed by atoms with E-state index in [0.29, 0.717) is 0 Å². The molecule has 1 unspecified atom stereocenters. The maximum atomic E-state index is 11.3. The second-order valence-corrected chi connectivity index (χ2v) is 3.55. The van der Waals surface area contributed by atoms with Gasteiger partial charge in [0.25, 0.3) is 0 Å². The highest BCUT2D eigenvalue weighted by Gasteiger charge is 2.20. The lowest BCUT2D eigenvalue weighted by Gasteiger charge is -2.31. The van der Waals surface area contributed by atoms with Gasteiger partial charge in [-0.1, -0.05) is 6.92 Å². The molecule has 2 nitrogen and oxygen atoms in total. The number of alkyl halides is 1. The molecule has 0 aromatic carbocycles. The quantitative estimate of drug-likeness (QED) is 0.625. The van der Waals surface area contributed by atoms with E-state index in [1.165, 1.54) is 0 Å². The molecule has 0 aromatic rings. The Hall–Kier alpha value is -0.240. The van der Waals surface area contributed by atoms with Crippen LogP contribution in [0.4, 0.5) is 0 Å². The highest BCUT2D eigenvalue weighted by molar-refractivity contribution is 6.27. The van der Waals surface area contributed by atoms with Crippen LogP contribution >= 0.6 is 11.6 Å². The molecule has 0 radical (unpaired) electrons. The van der Waals surface area contributed by atoms with Crippen LogP contribution < -0.4 is 0 Å². The zero-order valence-corrected chi connectivity index (χ0v) is 9.06. The Morgan fingerprint density at radius 2 is 1.92 bits per heavy atom. The molecular weight excluding hydrogens is 174 g/mol. The van der Waals surface area contributed by atoms with Crippen molar-refractivity contribution in [3.05, 3.63) is 0 Å². The molecule has 0 bridgehead atoms. The van der Waals surface area contributed by atoms with E-state index in [1.54, 1.807) is 0 Å². The van der Waals surface area contributed by atoms with Gasteiger partial charge in [0.05, 0.1) is 0 Å². The third kappa shape index (κ3) is 3.02. The summed E-state index contributed by atoms with van der Waals surface area (Å²) in [5, 5.41) is 0. The van der Waals surface area contributed by atoms with E-state index in [0.717, 1.165) is 6.42 Å². The minimum absolute atomic E-state index is 0.0287. The molecule has 0 N–H and O–H groups in total. The Labute approximate surface area is 79.9 Å². The SMILES string of the molecule is CCC(C)N(C(=O)CCl)C(C)C. The first-order chi connectivity index (χ1) is 5.54. The van der Waals surface area contributed by atoms with Gasteiger partial charge in [0.1, 0.15) is 5.88 Å². The maximum absolute atomic E-state index is 11.3. The van der Waals surface area contributed by atoms with Crippen LogP contribution in [0.5, 0.6) is 0 Å². The average Bonchev–Trinajstić information content (AvgIpc) is 2.03. The van der Waals surface area contributed by atoms with E-state index >= 15 is 0 Å². The molecule has 3 heteroatoms. The molecule has 0 aliphatic heterocycles. The molecule has 0 aliphatic rings. The van der Waals surface area contributed by atoms with Crippen LogP contribution in [0.1, 0.15) is 34.1 Å². The lowest BCUT2D eigenvalue weighted by atomic mass is 10.2. The summed E-state index contributed by atoms with van der Waals surface area (Å²) in [5.41, 5.74) is 0. The monoisotopic (exact) mass is 191 g/mol. The van der Waals surface area contributed by atoms with Crippen LogP contribution in [0.15, 0.2) is 0 Å². The summed E-state index contributed by atoms with van der Waals surface area (Å²) >= 11 is 5.50. The summed E-state index contributed by atoms with van der Waals surface area (Å²) < 4.78 is 0. The van der Waals surface area contributed by atoms with Gasteiger partial charge < -0.3 is 4.90 Å². The Bertz CT molecular complexity index is 147. The summed E-state index contributed by atoms with van der Waals surface area (Å²) in [6, 6.07) is 0.530. The molecule has 1 atom stereocenters. The van der Waals surface area contributed by atoms with Gasteiger partial charge in [-0.3, -0.25) is 4.79 Å². The van der Waals surface area contributed by atoms with Crippen molar-refractivity contribution in [3.63, 3.8) is 0 Å². The van der Waals surface area contributed by atoms with Crippen molar-refractivity contribution < 1.29 is 4.79 Å². The fraction of sp³-hybridized carbons (Fsp3) is 0.889. The number of rotatable bonds is 4. The third-order valence-electron chi connectivity index (χ3n) is 2.02. The second-order valence-electron chi connectivity index (χ2n) is 3.29. The van der Waals surface area contributed by atoms with Crippen molar-refractivity contribution in [2.45, 2.75) is 46.2 Å². The van der Waals surface area contributed by atoms with Gasteiger partial charge in [0.2, 0.25) is 5.91 Å². The number of nitrogens with zero attached hydrogens (tertiary/aromatic N) is 1. The van der Waals surface area contributed by atoms with Gasteiger partial charge in [-0.05, 0) is 27.2 Å². The third-order valence-corrected chi connectivity index (χ3v) is 2.25. The first kappa shape index (κ1) is 11.8. The van der Waals surface area contributed by atoms with Crippen molar-refractivity contribution in [3.8, 4) is 0 Å². The van der Waals surface area contributed by atoms with E-state index in [1.807, 2.05) is 25.7 Å². The van der Waals surface area contributed by atoms with Gasteiger partial charge in [-0.15, -0.1) is 11.6 Å². The van der Waals surface area contributed by atoms with Crippen molar-refractivity contribution in [2.75, 3.05) is 5.88 Å². The minimum atomic E-state index is 0.0287. The summed E-state index contributed by atoms with van der Waals surface area (Å²) in [7, 11) is 0. The molecule has 72 valence electrons. The van der Waals surface area contributed by atoms with Crippen LogP contribution in [0.3, 0.4) is 0 Å². The predicted octanol–water partition coefficient (Wildman–Crippen LogP) is 2.26. The van der Waals surface area contributed by atoms with Crippen LogP contribution in [-0.4, -0.2) is 28.8 Å². The van der Waals surface area contributed by atoms with Crippen LogP contribution in [0.25, 0.3) is 0 Å². The maximum Gasteiger partial charge on any atom is 0.237 e. The smallest absolute Gasteiger partial charge is 0.237 e. The average molecular weight is 192 g/mol. The zero-order chi connectivity index (χ0) is 9.72. The number of halogens is 1. The minimum Gasteiger partial charge on any atom is -0.337 e. The molecule has 0 heterocycles. The number of hydrogen-bond donors (Lipinski definition) is 0. The predicted molar refractivity (Wildman–Crippen MR) is 52.5 cm³/mol. The van der Waals surface area contributed by atoms with Gasteiger partial charge in [0.15, 0.2) is 0 Å². The summed E-state index contributed by atoms with van der Waals surface area (Å²) in [6.45, 7) is 8.14. The van der Waals surface area contributed by atoms with Crippen molar-refractivity contribution in [2.24, 2.45) is 0 Å². The molecule has 0 aliphatic carbocycles.